The number of rotatable bonds is 4. The Balaban J connectivity index is 1.57. The van der Waals surface area contributed by atoms with Crippen LogP contribution in [0.3, 0.4) is 0 Å². The molecule has 0 spiro atoms. The first kappa shape index (κ1) is 19.0. The molecule has 2 aromatic heterocycles. The Morgan fingerprint density at radius 3 is 2.73 bits per heavy atom. The quantitative estimate of drug-likeness (QED) is 0.680. The summed E-state index contributed by atoms with van der Waals surface area (Å²) in [5.41, 5.74) is 7.73. The molecule has 30 heavy (non-hydrogen) atoms. The minimum atomic E-state index is -3.73. The summed E-state index contributed by atoms with van der Waals surface area (Å²) < 4.78 is 30.0. The van der Waals surface area contributed by atoms with Crippen LogP contribution in [0.4, 0.5) is 5.82 Å². The van der Waals surface area contributed by atoms with Crippen molar-refractivity contribution in [3.8, 4) is 17.3 Å². The van der Waals surface area contributed by atoms with Gasteiger partial charge in [0.05, 0.1) is 28.3 Å². The number of fused-ring (bicyclic) bond motifs is 2. The Kier molecular flexibility index (Phi) is 3.79. The second-order valence-electron chi connectivity index (χ2n) is 8.44. The maximum atomic E-state index is 13.5. The van der Waals surface area contributed by atoms with E-state index in [0.29, 0.717) is 29.7 Å². The molecule has 9 nitrogen and oxygen atoms in total. The molecule has 154 valence electrons. The van der Waals surface area contributed by atoms with Gasteiger partial charge < -0.3 is 5.73 Å². The predicted octanol–water partition coefficient (Wildman–Crippen LogP) is 2.14. The predicted molar refractivity (Wildman–Crippen MR) is 110 cm³/mol. The van der Waals surface area contributed by atoms with Gasteiger partial charge in [-0.1, -0.05) is 6.07 Å². The molecule has 0 atom stereocenters. The number of hydrogen-bond acceptors (Lipinski definition) is 7. The molecule has 1 aromatic carbocycles. The summed E-state index contributed by atoms with van der Waals surface area (Å²) in [6, 6.07) is 7.45. The van der Waals surface area contributed by atoms with Gasteiger partial charge in [-0.25, -0.2) is 22.9 Å². The molecule has 6 rings (SSSR count). The summed E-state index contributed by atoms with van der Waals surface area (Å²) >= 11 is 0. The van der Waals surface area contributed by atoms with Crippen LogP contribution in [0.25, 0.3) is 16.9 Å². The largest absolute Gasteiger partial charge is 0.381 e. The number of nitrogens with two attached hydrogens (primary N) is 1. The number of imidazole rings is 1. The van der Waals surface area contributed by atoms with Crippen LogP contribution >= 0.6 is 0 Å². The van der Waals surface area contributed by atoms with Gasteiger partial charge in [0, 0.05) is 18.2 Å². The van der Waals surface area contributed by atoms with Gasteiger partial charge >= 0.3 is 0 Å². The Morgan fingerprint density at radius 2 is 2.03 bits per heavy atom. The van der Waals surface area contributed by atoms with Crippen molar-refractivity contribution in [2.45, 2.75) is 43.0 Å². The SMILES string of the molecule is Cc1ccc(S(=O)(=O)N(C)C23CCC(C#N)(C2)C3)cc1-c1cnc2c(N)ncnn12. The molecule has 0 aliphatic heterocycles. The van der Waals surface area contributed by atoms with Crippen molar-refractivity contribution in [2.24, 2.45) is 5.41 Å². The van der Waals surface area contributed by atoms with Crippen molar-refractivity contribution in [2.75, 3.05) is 12.8 Å². The maximum Gasteiger partial charge on any atom is 0.243 e. The highest BCUT2D eigenvalue weighted by molar-refractivity contribution is 7.89. The number of nitriles is 1. The van der Waals surface area contributed by atoms with Gasteiger partial charge in [0.2, 0.25) is 10.0 Å². The monoisotopic (exact) mass is 423 g/mol. The fraction of sp³-hybridized carbons (Fsp3) is 0.400. The summed E-state index contributed by atoms with van der Waals surface area (Å²) in [6.45, 7) is 1.91. The first-order valence-corrected chi connectivity index (χ1v) is 11.1. The lowest BCUT2D eigenvalue weighted by atomic mass is 9.66. The summed E-state index contributed by atoms with van der Waals surface area (Å²) in [6.07, 6.45) is 5.65. The molecule has 3 aliphatic carbocycles. The Bertz CT molecular complexity index is 1330. The normalized spacial score (nSPS) is 25.4. The van der Waals surface area contributed by atoms with Crippen LogP contribution in [-0.4, -0.2) is 44.9 Å². The van der Waals surface area contributed by atoms with E-state index >= 15 is 0 Å². The molecule has 3 saturated carbocycles. The standard InChI is InChI=1S/C20H21N7O2S/c1-13-3-4-14(7-15(13)16-8-23-18-17(22)24-12-25-27(16)18)30(28,29)26(2)20-6-5-19(9-20,10-20)11-21/h3-4,7-8,12H,5-6,9-10H2,1-2H3,(H2,22,24,25). The molecule has 0 unspecified atom stereocenters. The highest BCUT2D eigenvalue weighted by atomic mass is 32.2. The van der Waals surface area contributed by atoms with Gasteiger partial charge in [-0.15, -0.1) is 0 Å². The number of benzene rings is 1. The molecule has 0 radical (unpaired) electrons. The first-order chi connectivity index (χ1) is 14.2. The van der Waals surface area contributed by atoms with Crippen LogP contribution in [0.15, 0.2) is 35.6 Å². The average Bonchev–Trinajstić information content (AvgIpc) is 3.40. The molecule has 10 heteroatoms. The summed E-state index contributed by atoms with van der Waals surface area (Å²) in [5.74, 6) is 0.253. The molecular formula is C20H21N7O2S. The van der Waals surface area contributed by atoms with E-state index in [-0.39, 0.29) is 16.1 Å². The molecule has 2 bridgehead atoms. The van der Waals surface area contributed by atoms with Gasteiger partial charge in [-0.05, 0) is 50.3 Å². The Hall–Kier alpha value is -3.03. The average molecular weight is 424 g/mol. The Morgan fingerprint density at radius 1 is 1.27 bits per heavy atom. The third kappa shape index (κ3) is 2.42. The van der Waals surface area contributed by atoms with Crippen LogP contribution in [0.5, 0.6) is 0 Å². The van der Waals surface area contributed by atoms with E-state index in [1.807, 2.05) is 6.92 Å². The highest BCUT2D eigenvalue weighted by Crippen LogP contribution is 2.64. The third-order valence-electron chi connectivity index (χ3n) is 6.78. The lowest BCUT2D eigenvalue weighted by molar-refractivity contribution is 0.0774. The molecule has 3 fully saturated rings. The molecule has 0 saturated heterocycles. The van der Waals surface area contributed by atoms with Crippen molar-refractivity contribution in [3.63, 3.8) is 0 Å². The van der Waals surface area contributed by atoms with Gasteiger partial charge in [-0.2, -0.15) is 14.7 Å². The topological polar surface area (TPSA) is 130 Å². The minimum absolute atomic E-state index is 0.207. The second-order valence-corrected chi connectivity index (χ2v) is 10.4. The molecule has 2 N–H and O–H groups in total. The number of nitrogens with zero attached hydrogens (tertiary/aromatic N) is 6. The van der Waals surface area contributed by atoms with Crippen LogP contribution < -0.4 is 5.73 Å². The molecule has 0 amide bonds. The van der Waals surface area contributed by atoms with Crippen molar-refractivity contribution >= 4 is 21.5 Å². The summed E-state index contributed by atoms with van der Waals surface area (Å²) in [4.78, 5) is 8.43. The third-order valence-corrected chi connectivity index (χ3v) is 8.74. The van der Waals surface area contributed by atoms with Gasteiger partial charge in [-0.3, -0.25) is 0 Å². The van der Waals surface area contributed by atoms with E-state index < -0.39 is 15.6 Å². The number of anilines is 1. The van der Waals surface area contributed by atoms with Gasteiger partial charge in [0.15, 0.2) is 11.5 Å². The van der Waals surface area contributed by atoms with Crippen molar-refractivity contribution in [3.05, 3.63) is 36.3 Å². The van der Waals surface area contributed by atoms with Crippen LogP contribution in [0, 0.1) is 23.7 Å². The summed E-state index contributed by atoms with van der Waals surface area (Å²) in [7, 11) is -2.10. The van der Waals surface area contributed by atoms with Crippen molar-refractivity contribution in [1.82, 2.24) is 23.9 Å². The lowest BCUT2D eigenvalue weighted by Crippen LogP contribution is -2.55. The number of sulfonamides is 1. The zero-order valence-electron chi connectivity index (χ0n) is 16.7. The molecule has 3 aromatic rings. The minimum Gasteiger partial charge on any atom is -0.381 e. The van der Waals surface area contributed by atoms with Crippen LogP contribution in [0.1, 0.15) is 31.2 Å². The van der Waals surface area contributed by atoms with E-state index in [2.05, 4.69) is 21.1 Å². The number of nitrogen functional groups attached to an aromatic ring is 1. The fourth-order valence-corrected chi connectivity index (χ4v) is 6.57. The number of hydrogen-bond donors (Lipinski definition) is 1. The second kappa shape index (κ2) is 6.00. The molecule has 2 heterocycles. The van der Waals surface area contributed by atoms with E-state index in [0.717, 1.165) is 18.4 Å². The highest BCUT2D eigenvalue weighted by Gasteiger charge is 2.65. The zero-order chi connectivity index (χ0) is 21.3. The Labute approximate surface area is 174 Å². The van der Waals surface area contributed by atoms with Crippen molar-refractivity contribution in [1.29, 1.82) is 5.26 Å². The van der Waals surface area contributed by atoms with Gasteiger partial charge in [0.1, 0.15) is 6.33 Å². The fourth-order valence-electron chi connectivity index (χ4n) is 5.02. The molecular weight excluding hydrogens is 402 g/mol. The smallest absolute Gasteiger partial charge is 0.243 e. The first-order valence-electron chi connectivity index (χ1n) is 9.67. The molecule has 3 aliphatic rings. The van der Waals surface area contributed by atoms with E-state index in [9.17, 15) is 13.7 Å². The maximum absolute atomic E-state index is 13.5. The number of aryl methyl sites for hydroxylation is 1. The number of aromatic nitrogens is 4. The summed E-state index contributed by atoms with van der Waals surface area (Å²) in [5, 5.41) is 13.6. The van der Waals surface area contributed by atoms with Gasteiger partial charge in [0.25, 0.3) is 0 Å². The van der Waals surface area contributed by atoms with Crippen molar-refractivity contribution < 1.29 is 8.42 Å². The lowest BCUT2D eigenvalue weighted by Gasteiger charge is -2.48. The van der Waals surface area contributed by atoms with Crippen LogP contribution in [0.2, 0.25) is 0 Å². The van der Waals surface area contributed by atoms with E-state index in [4.69, 9.17) is 5.73 Å². The van der Waals surface area contributed by atoms with E-state index in [1.165, 1.54) is 10.6 Å². The van der Waals surface area contributed by atoms with Crippen LogP contribution in [-0.2, 0) is 10.0 Å². The zero-order valence-corrected chi connectivity index (χ0v) is 17.5. The van der Waals surface area contributed by atoms with E-state index in [1.54, 1.807) is 36.0 Å².